The average molecular weight is 372 g/mol. The van der Waals surface area contributed by atoms with Gasteiger partial charge in [0.25, 0.3) is 0 Å². The Labute approximate surface area is 151 Å². The molecular formula is C17H20N6O2S. The van der Waals surface area contributed by atoms with Crippen LogP contribution in [0.1, 0.15) is 0 Å². The summed E-state index contributed by atoms with van der Waals surface area (Å²) in [6.07, 6.45) is 2.90. The molecule has 1 aliphatic rings. The summed E-state index contributed by atoms with van der Waals surface area (Å²) in [7, 11) is -3.11. The van der Waals surface area contributed by atoms with Crippen molar-refractivity contribution in [3.05, 3.63) is 36.5 Å². The van der Waals surface area contributed by atoms with Gasteiger partial charge in [0.15, 0.2) is 5.65 Å². The number of anilines is 2. The number of hydrogen-bond acceptors (Lipinski definition) is 6. The minimum atomic E-state index is -3.11. The van der Waals surface area contributed by atoms with E-state index >= 15 is 0 Å². The molecule has 0 bridgehead atoms. The smallest absolute Gasteiger partial charge is 0.211 e. The normalized spacial score (nSPS) is 16.3. The number of nitrogens with one attached hydrogen (secondary N) is 1. The topological polar surface area (TPSA) is 108 Å². The van der Waals surface area contributed by atoms with Crippen LogP contribution in [0.4, 0.5) is 11.4 Å². The van der Waals surface area contributed by atoms with Gasteiger partial charge in [-0.2, -0.15) is 4.31 Å². The predicted octanol–water partition coefficient (Wildman–Crippen LogP) is 1.29. The third-order valence-corrected chi connectivity index (χ3v) is 5.94. The Hall–Kier alpha value is -2.65. The van der Waals surface area contributed by atoms with Crippen LogP contribution in [-0.2, 0) is 10.0 Å². The molecule has 0 aliphatic carbocycles. The maximum Gasteiger partial charge on any atom is 0.211 e. The Balaban J connectivity index is 1.53. The molecule has 0 radical (unpaired) electrons. The summed E-state index contributed by atoms with van der Waals surface area (Å²) in [6, 6.07) is 9.77. The van der Waals surface area contributed by atoms with Crippen molar-refractivity contribution in [2.75, 3.05) is 43.1 Å². The molecule has 0 unspecified atom stereocenters. The van der Waals surface area contributed by atoms with Gasteiger partial charge in [0.1, 0.15) is 11.3 Å². The highest BCUT2D eigenvalue weighted by molar-refractivity contribution is 7.88. The summed E-state index contributed by atoms with van der Waals surface area (Å²) in [5.74, 6) is 0.721. The minimum absolute atomic E-state index is 0.509. The Morgan fingerprint density at radius 3 is 2.38 bits per heavy atom. The van der Waals surface area contributed by atoms with E-state index in [1.165, 1.54) is 10.6 Å². The van der Waals surface area contributed by atoms with Crippen molar-refractivity contribution >= 4 is 32.6 Å². The molecule has 1 aromatic carbocycles. The fraction of sp³-hybridized carbons (Fsp3) is 0.294. The zero-order valence-electron chi connectivity index (χ0n) is 14.4. The number of nitrogens with zero attached hydrogens (tertiary/aromatic N) is 4. The molecule has 0 saturated carbocycles. The standard InChI is InChI=1S/C17H20N6O2S/c1-26(24,25)23-10-8-22(9-11-23)13-4-2-12(3-5-13)16-20-15-14(18)6-7-19-17(15)21-16/h2-7H,8-11H2,1H3,(H3,18,19,20,21). The lowest BCUT2D eigenvalue weighted by Crippen LogP contribution is -2.48. The second-order valence-corrected chi connectivity index (χ2v) is 8.36. The molecule has 3 heterocycles. The van der Waals surface area contributed by atoms with Crippen molar-refractivity contribution in [1.29, 1.82) is 0 Å². The van der Waals surface area contributed by atoms with E-state index in [1.807, 2.05) is 24.3 Å². The summed E-state index contributed by atoms with van der Waals surface area (Å²) in [4.78, 5) is 14.1. The van der Waals surface area contributed by atoms with Crippen LogP contribution in [0.5, 0.6) is 0 Å². The second-order valence-electron chi connectivity index (χ2n) is 6.38. The van der Waals surface area contributed by atoms with Crippen LogP contribution >= 0.6 is 0 Å². The van der Waals surface area contributed by atoms with E-state index in [-0.39, 0.29) is 0 Å². The third kappa shape index (κ3) is 3.11. The summed E-state index contributed by atoms with van der Waals surface area (Å²) < 4.78 is 24.7. The summed E-state index contributed by atoms with van der Waals surface area (Å²) in [5.41, 5.74) is 9.91. The van der Waals surface area contributed by atoms with Crippen LogP contribution < -0.4 is 10.6 Å². The Morgan fingerprint density at radius 1 is 1.08 bits per heavy atom. The lowest BCUT2D eigenvalue weighted by molar-refractivity contribution is 0.388. The zero-order chi connectivity index (χ0) is 18.3. The van der Waals surface area contributed by atoms with E-state index in [0.29, 0.717) is 37.5 Å². The van der Waals surface area contributed by atoms with Crippen molar-refractivity contribution in [1.82, 2.24) is 19.3 Å². The number of sulfonamides is 1. The number of piperazine rings is 1. The molecule has 2 aromatic heterocycles. The van der Waals surface area contributed by atoms with Crippen molar-refractivity contribution in [3.8, 4) is 11.4 Å². The number of benzene rings is 1. The van der Waals surface area contributed by atoms with E-state index < -0.39 is 10.0 Å². The van der Waals surface area contributed by atoms with Crippen LogP contribution in [0.15, 0.2) is 36.5 Å². The van der Waals surface area contributed by atoms with Gasteiger partial charge in [-0.1, -0.05) is 0 Å². The number of pyridine rings is 1. The van der Waals surface area contributed by atoms with E-state index in [0.717, 1.165) is 22.6 Å². The SMILES string of the molecule is CS(=O)(=O)N1CCN(c2ccc(-c3nc4nccc(N)c4[nH]3)cc2)CC1. The monoisotopic (exact) mass is 372 g/mol. The highest BCUT2D eigenvalue weighted by atomic mass is 32.2. The van der Waals surface area contributed by atoms with E-state index in [9.17, 15) is 8.42 Å². The fourth-order valence-electron chi connectivity index (χ4n) is 3.18. The Bertz CT molecular complexity index is 1040. The number of H-pyrrole nitrogens is 1. The number of aromatic nitrogens is 3. The lowest BCUT2D eigenvalue weighted by atomic mass is 10.1. The molecule has 1 aliphatic heterocycles. The van der Waals surface area contributed by atoms with Crippen LogP contribution in [-0.4, -0.2) is 60.1 Å². The van der Waals surface area contributed by atoms with Gasteiger partial charge in [-0.15, -0.1) is 0 Å². The van der Waals surface area contributed by atoms with Crippen molar-refractivity contribution < 1.29 is 8.42 Å². The van der Waals surface area contributed by atoms with Crippen LogP contribution in [0.3, 0.4) is 0 Å². The van der Waals surface area contributed by atoms with Gasteiger partial charge in [0, 0.05) is 43.6 Å². The van der Waals surface area contributed by atoms with E-state index in [4.69, 9.17) is 5.73 Å². The minimum Gasteiger partial charge on any atom is -0.397 e. The van der Waals surface area contributed by atoms with Crippen LogP contribution in [0.2, 0.25) is 0 Å². The molecule has 3 N–H and O–H groups in total. The molecule has 136 valence electrons. The van der Waals surface area contributed by atoms with Gasteiger partial charge < -0.3 is 15.6 Å². The highest BCUT2D eigenvalue weighted by Crippen LogP contribution is 2.25. The number of imidazole rings is 1. The summed E-state index contributed by atoms with van der Waals surface area (Å²) in [5, 5.41) is 0. The van der Waals surface area contributed by atoms with Crippen LogP contribution in [0, 0.1) is 0 Å². The molecular weight excluding hydrogens is 352 g/mol. The lowest BCUT2D eigenvalue weighted by Gasteiger charge is -2.34. The van der Waals surface area contributed by atoms with Gasteiger partial charge in [-0.25, -0.2) is 18.4 Å². The Morgan fingerprint density at radius 2 is 1.77 bits per heavy atom. The number of nitrogen functional groups attached to an aromatic ring is 1. The maximum atomic E-state index is 11.6. The molecule has 0 amide bonds. The highest BCUT2D eigenvalue weighted by Gasteiger charge is 2.23. The molecule has 1 fully saturated rings. The number of rotatable bonds is 3. The predicted molar refractivity (Wildman–Crippen MR) is 102 cm³/mol. The molecule has 4 rings (SSSR count). The first-order chi connectivity index (χ1) is 12.4. The number of hydrogen-bond donors (Lipinski definition) is 2. The number of aromatic amines is 1. The summed E-state index contributed by atoms with van der Waals surface area (Å²) >= 11 is 0. The molecule has 26 heavy (non-hydrogen) atoms. The number of fused-ring (bicyclic) bond motifs is 1. The molecule has 1 saturated heterocycles. The van der Waals surface area contributed by atoms with Gasteiger partial charge >= 0.3 is 0 Å². The molecule has 3 aromatic rings. The van der Waals surface area contributed by atoms with Crippen molar-refractivity contribution in [3.63, 3.8) is 0 Å². The quantitative estimate of drug-likeness (QED) is 0.717. The van der Waals surface area contributed by atoms with Gasteiger partial charge in [-0.3, -0.25) is 0 Å². The largest absolute Gasteiger partial charge is 0.397 e. The first-order valence-corrected chi connectivity index (χ1v) is 10.2. The van der Waals surface area contributed by atoms with Gasteiger partial charge in [0.2, 0.25) is 10.0 Å². The third-order valence-electron chi connectivity index (χ3n) is 4.64. The summed E-state index contributed by atoms with van der Waals surface area (Å²) in [6.45, 7) is 2.37. The second kappa shape index (κ2) is 6.26. The average Bonchev–Trinajstić information content (AvgIpc) is 3.07. The Kier molecular flexibility index (Phi) is 4.04. The first kappa shape index (κ1) is 16.8. The van der Waals surface area contributed by atoms with Gasteiger partial charge in [0.05, 0.1) is 11.9 Å². The first-order valence-electron chi connectivity index (χ1n) is 8.32. The van der Waals surface area contributed by atoms with E-state index in [2.05, 4.69) is 19.9 Å². The fourth-order valence-corrected chi connectivity index (χ4v) is 4.00. The molecule has 0 atom stereocenters. The maximum absolute atomic E-state index is 11.6. The molecule has 0 spiro atoms. The zero-order valence-corrected chi connectivity index (χ0v) is 15.2. The van der Waals surface area contributed by atoms with Crippen molar-refractivity contribution in [2.24, 2.45) is 0 Å². The molecule has 9 heteroatoms. The van der Waals surface area contributed by atoms with Crippen LogP contribution in [0.25, 0.3) is 22.6 Å². The van der Waals surface area contributed by atoms with Crippen molar-refractivity contribution in [2.45, 2.75) is 0 Å². The van der Waals surface area contributed by atoms with Gasteiger partial charge in [-0.05, 0) is 30.3 Å². The number of nitrogens with two attached hydrogens (primary N) is 1. The van der Waals surface area contributed by atoms with E-state index in [1.54, 1.807) is 12.3 Å². The molecule has 8 nitrogen and oxygen atoms in total.